The van der Waals surface area contributed by atoms with Crippen LogP contribution in [0.15, 0.2) is 59.1 Å². The quantitative estimate of drug-likeness (QED) is 0.384. The van der Waals surface area contributed by atoms with Gasteiger partial charge in [-0.1, -0.05) is 22.9 Å². The second-order valence-corrected chi connectivity index (χ2v) is 8.98. The van der Waals surface area contributed by atoms with Gasteiger partial charge in [0.25, 0.3) is 11.5 Å². The van der Waals surface area contributed by atoms with Gasteiger partial charge >= 0.3 is 0 Å². The molecule has 5 aromatic rings. The van der Waals surface area contributed by atoms with Crippen LogP contribution in [0.5, 0.6) is 5.75 Å². The first-order valence-corrected chi connectivity index (χ1v) is 11.6. The van der Waals surface area contributed by atoms with Crippen molar-refractivity contribution < 1.29 is 9.53 Å². The van der Waals surface area contributed by atoms with Gasteiger partial charge in [0.15, 0.2) is 17.6 Å². The molecule has 4 heterocycles. The fourth-order valence-corrected chi connectivity index (χ4v) is 4.57. The number of rotatable bonds is 6. The number of amides is 1. The van der Waals surface area contributed by atoms with Crippen LogP contribution < -0.4 is 20.1 Å². The minimum absolute atomic E-state index is 0.225. The largest absolute Gasteiger partial charge is 0.483 e. The number of carbonyl (C=O) groups is 1. The molecule has 1 N–H and O–H groups in total. The molecule has 0 bridgehead atoms. The van der Waals surface area contributed by atoms with Gasteiger partial charge in [-0.3, -0.25) is 19.9 Å². The lowest BCUT2D eigenvalue weighted by Crippen LogP contribution is -2.24. The molecule has 0 saturated carbocycles. The van der Waals surface area contributed by atoms with E-state index in [2.05, 4.69) is 25.4 Å². The Morgan fingerprint density at radius 1 is 1.21 bits per heavy atom. The van der Waals surface area contributed by atoms with Crippen molar-refractivity contribution >= 4 is 56.4 Å². The molecule has 1 amide bonds. The van der Waals surface area contributed by atoms with E-state index in [1.165, 1.54) is 27.2 Å². The molecule has 33 heavy (non-hydrogen) atoms. The minimum Gasteiger partial charge on any atom is -0.483 e. The number of benzene rings is 1. The molecule has 0 fully saturated rings. The highest BCUT2D eigenvalue weighted by Gasteiger charge is 2.13. The molecule has 12 heteroatoms. The van der Waals surface area contributed by atoms with Crippen molar-refractivity contribution in [2.24, 2.45) is 0 Å². The Kier molecular flexibility index (Phi) is 5.82. The minimum atomic E-state index is -0.349. The maximum atomic E-state index is 12.9. The smallest absolute Gasteiger partial charge is 0.291 e. The summed E-state index contributed by atoms with van der Waals surface area (Å²) < 4.78 is 7.35. The van der Waals surface area contributed by atoms with Crippen LogP contribution >= 0.6 is 34.3 Å². The van der Waals surface area contributed by atoms with Gasteiger partial charge in [-0.25, -0.2) is 4.98 Å². The molecule has 0 spiro atoms. The fourth-order valence-electron chi connectivity index (χ4n) is 2.95. The number of pyridine rings is 1. The summed E-state index contributed by atoms with van der Waals surface area (Å²) in [5.41, 5.74) is 1.02. The van der Waals surface area contributed by atoms with E-state index in [0.29, 0.717) is 36.8 Å². The van der Waals surface area contributed by atoms with Crippen LogP contribution in [-0.4, -0.2) is 37.1 Å². The summed E-state index contributed by atoms with van der Waals surface area (Å²) in [6.07, 6.45) is 6.52. The van der Waals surface area contributed by atoms with E-state index in [1.54, 1.807) is 60.4 Å². The predicted octanol–water partition coefficient (Wildman–Crippen LogP) is 2.89. The number of halogens is 1. The molecular weight excluding hydrogens is 484 g/mol. The third-order valence-electron chi connectivity index (χ3n) is 4.42. The van der Waals surface area contributed by atoms with Crippen molar-refractivity contribution in [3.8, 4) is 17.1 Å². The lowest BCUT2D eigenvalue weighted by molar-refractivity contribution is -0.118. The first-order valence-electron chi connectivity index (χ1n) is 9.50. The zero-order valence-corrected chi connectivity index (χ0v) is 19.0. The third kappa shape index (κ3) is 4.60. The van der Waals surface area contributed by atoms with Gasteiger partial charge in [0.05, 0.1) is 4.53 Å². The van der Waals surface area contributed by atoms with Gasteiger partial charge in [-0.2, -0.15) is 9.50 Å². The Bertz CT molecular complexity index is 1550. The number of thiazole rings is 2. The lowest BCUT2D eigenvalue weighted by atomic mass is 10.2. The van der Waals surface area contributed by atoms with E-state index in [1.807, 2.05) is 0 Å². The summed E-state index contributed by atoms with van der Waals surface area (Å²) in [4.78, 5) is 37.9. The number of anilines is 1. The van der Waals surface area contributed by atoms with Crippen molar-refractivity contribution in [2.75, 3.05) is 11.9 Å². The number of carbonyl (C=O) groups excluding carboxylic acids is 1. The number of hydrogen-bond acceptors (Lipinski definition) is 9. The van der Waals surface area contributed by atoms with Gasteiger partial charge in [0, 0.05) is 40.1 Å². The van der Waals surface area contributed by atoms with E-state index in [0.717, 1.165) is 5.56 Å². The Labute approximate surface area is 199 Å². The van der Waals surface area contributed by atoms with E-state index in [-0.39, 0.29) is 18.1 Å². The Hall–Kier alpha value is -3.67. The molecule has 0 aliphatic rings. The summed E-state index contributed by atoms with van der Waals surface area (Å²) in [6, 6.07) is 8.50. The first kappa shape index (κ1) is 21.2. The van der Waals surface area contributed by atoms with E-state index in [4.69, 9.17) is 16.3 Å². The first-order chi connectivity index (χ1) is 16.1. The fraction of sp³-hybridized carbons (Fsp3) is 0.0476. The van der Waals surface area contributed by atoms with E-state index < -0.39 is 0 Å². The average molecular weight is 497 g/mol. The van der Waals surface area contributed by atoms with Crippen molar-refractivity contribution in [1.29, 1.82) is 0 Å². The van der Waals surface area contributed by atoms with Crippen LogP contribution in [0.4, 0.5) is 5.13 Å². The van der Waals surface area contributed by atoms with Gasteiger partial charge in [-0.05, 0) is 36.4 Å². The van der Waals surface area contributed by atoms with Crippen LogP contribution in [0.3, 0.4) is 0 Å². The van der Waals surface area contributed by atoms with Crippen LogP contribution in [0.2, 0.25) is 5.02 Å². The SMILES string of the molecule is O=C(COc1ccc(Cl)cc1/C=c1\sc2nc(-c3ccncc3)nn2c1=O)Nc1nccs1. The lowest BCUT2D eigenvalue weighted by Gasteiger charge is -2.09. The molecule has 4 aromatic heterocycles. The number of aromatic nitrogens is 5. The van der Waals surface area contributed by atoms with Crippen molar-refractivity contribution in [1.82, 2.24) is 24.6 Å². The van der Waals surface area contributed by atoms with Crippen LogP contribution in [0.25, 0.3) is 22.4 Å². The van der Waals surface area contributed by atoms with Crippen LogP contribution in [-0.2, 0) is 4.79 Å². The number of nitrogens with one attached hydrogen (secondary N) is 1. The van der Waals surface area contributed by atoms with Crippen molar-refractivity contribution in [3.05, 3.63) is 79.8 Å². The topological polar surface area (TPSA) is 111 Å². The third-order valence-corrected chi connectivity index (χ3v) is 6.30. The highest BCUT2D eigenvalue weighted by molar-refractivity contribution is 7.15. The van der Waals surface area contributed by atoms with E-state index >= 15 is 0 Å². The van der Waals surface area contributed by atoms with Crippen LogP contribution in [0, 0.1) is 0 Å². The van der Waals surface area contributed by atoms with Gasteiger partial charge < -0.3 is 4.74 Å². The molecule has 0 aliphatic carbocycles. The molecule has 0 aliphatic heterocycles. The summed E-state index contributed by atoms with van der Waals surface area (Å²) >= 11 is 8.66. The summed E-state index contributed by atoms with van der Waals surface area (Å²) in [5.74, 6) is 0.507. The number of fused-ring (bicyclic) bond motifs is 1. The molecule has 0 radical (unpaired) electrons. The second kappa shape index (κ2) is 9.06. The maximum Gasteiger partial charge on any atom is 0.291 e. The maximum absolute atomic E-state index is 12.9. The van der Waals surface area contributed by atoms with Gasteiger partial charge in [0.2, 0.25) is 4.96 Å². The number of nitrogens with zero attached hydrogens (tertiary/aromatic N) is 5. The molecule has 0 unspecified atom stereocenters. The van der Waals surface area contributed by atoms with Gasteiger partial charge in [0.1, 0.15) is 5.75 Å². The molecule has 9 nitrogen and oxygen atoms in total. The second-order valence-electron chi connectivity index (χ2n) is 6.64. The van der Waals surface area contributed by atoms with Crippen LogP contribution in [0.1, 0.15) is 5.56 Å². The average Bonchev–Trinajstić information content (AvgIpc) is 3.53. The molecule has 164 valence electrons. The van der Waals surface area contributed by atoms with Gasteiger partial charge in [-0.15, -0.1) is 16.4 Å². The molecule has 0 atom stereocenters. The monoisotopic (exact) mass is 496 g/mol. The summed E-state index contributed by atoms with van der Waals surface area (Å²) in [5, 5.41) is 9.68. The molecule has 0 saturated heterocycles. The van der Waals surface area contributed by atoms with E-state index in [9.17, 15) is 9.59 Å². The van der Waals surface area contributed by atoms with Crippen molar-refractivity contribution in [3.63, 3.8) is 0 Å². The Morgan fingerprint density at radius 2 is 2.06 bits per heavy atom. The summed E-state index contributed by atoms with van der Waals surface area (Å²) in [7, 11) is 0. The zero-order valence-electron chi connectivity index (χ0n) is 16.6. The Balaban J connectivity index is 1.43. The summed E-state index contributed by atoms with van der Waals surface area (Å²) in [6.45, 7) is -0.225. The standard InChI is InChI=1S/C21H13ClN6O3S2/c22-14-1-2-15(31-11-17(29)25-20-24-7-8-32-20)13(9-14)10-16-19(30)28-21(33-16)26-18(27-28)12-3-5-23-6-4-12/h1-10H,11H2,(H,24,25,29)/b16-10-. The van der Waals surface area contributed by atoms with Crippen molar-refractivity contribution in [2.45, 2.75) is 0 Å². The highest BCUT2D eigenvalue weighted by Crippen LogP contribution is 2.24. The predicted molar refractivity (Wildman–Crippen MR) is 127 cm³/mol. The number of hydrogen-bond donors (Lipinski definition) is 1. The molecular formula is C21H13ClN6O3S2. The zero-order chi connectivity index (χ0) is 22.8. The molecule has 5 rings (SSSR count). The normalized spacial score (nSPS) is 11.7. The molecule has 1 aromatic carbocycles. The Morgan fingerprint density at radius 3 is 2.82 bits per heavy atom. The highest BCUT2D eigenvalue weighted by atomic mass is 35.5. The number of ether oxygens (including phenoxy) is 1.